The normalized spacial score (nSPS) is 15.8. The molecule has 3 rings (SSSR count). The number of carbonyl (C=O) groups excluding carboxylic acids is 1. The number of thioether (sulfide) groups is 1. The van der Waals surface area contributed by atoms with Gasteiger partial charge in [0.2, 0.25) is 0 Å². The number of rotatable bonds is 5. The van der Waals surface area contributed by atoms with E-state index in [2.05, 4.69) is 0 Å². The molecule has 5 heteroatoms. The van der Waals surface area contributed by atoms with Crippen LogP contribution in [0, 0.1) is 0 Å². The fourth-order valence-electron chi connectivity index (χ4n) is 2.78. The predicted octanol–water partition coefficient (Wildman–Crippen LogP) is 4.50. The number of benzene rings is 2. The van der Waals surface area contributed by atoms with E-state index in [4.69, 9.17) is 14.2 Å². The second-order valence-electron chi connectivity index (χ2n) is 5.47. The lowest BCUT2D eigenvalue weighted by Gasteiger charge is -2.26. The van der Waals surface area contributed by atoms with Gasteiger partial charge in [0, 0.05) is 0 Å². The maximum atomic E-state index is 12.3. The van der Waals surface area contributed by atoms with Crippen molar-refractivity contribution in [2.45, 2.75) is 17.1 Å². The second-order valence-corrected chi connectivity index (χ2v) is 6.59. The van der Waals surface area contributed by atoms with Crippen LogP contribution < -0.4 is 9.47 Å². The zero-order valence-electron chi connectivity index (χ0n) is 14.4. The van der Waals surface area contributed by atoms with E-state index in [1.807, 2.05) is 55.5 Å². The molecule has 0 amide bonds. The van der Waals surface area contributed by atoms with Gasteiger partial charge in [-0.05, 0) is 42.3 Å². The topological polar surface area (TPSA) is 44.8 Å². The Morgan fingerprint density at radius 1 is 1.12 bits per heavy atom. The molecule has 0 N–H and O–H groups in total. The van der Waals surface area contributed by atoms with E-state index in [1.165, 1.54) is 7.11 Å². The van der Waals surface area contributed by atoms with Crippen LogP contribution in [0.25, 0.3) is 6.08 Å². The summed E-state index contributed by atoms with van der Waals surface area (Å²) in [6.45, 7) is 2.56. The van der Waals surface area contributed by atoms with E-state index in [0.29, 0.717) is 12.2 Å². The van der Waals surface area contributed by atoms with Crippen LogP contribution in [0.2, 0.25) is 0 Å². The summed E-state index contributed by atoms with van der Waals surface area (Å²) in [5, 5.41) is -0.160. The Morgan fingerprint density at radius 2 is 1.88 bits per heavy atom. The minimum atomic E-state index is -0.319. The number of methoxy groups -OCH3 is 2. The number of carbonyl (C=O) groups is 1. The fourth-order valence-corrected chi connectivity index (χ4v) is 4.10. The van der Waals surface area contributed by atoms with Crippen LogP contribution >= 0.6 is 11.8 Å². The zero-order chi connectivity index (χ0) is 17.8. The molecule has 0 saturated heterocycles. The summed E-state index contributed by atoms with van der Waals surface area (Å²) in [4.78, 5) is 13.4. The minimum Gasteiger partial charge on any atom is -0.497 e. The first-order chi connectivity index (χ1) is 12.2. The molecule has 2 aromatic carbocycles. The molecule has 1 aliphatic rings. The van der Waals surface area contributed by atoms with Crippen molar-refractivity contribution in [3.63, 3.8) is 0 Å². The van der Waals surface area contributed by atoms with Crippen LogP contribution in [0.1, 0.15) is 23.3 Å². The van der Waals surface area contributed by atoms with Gasteiger partial charge in [0.25, 0.3) is 0 Å². The number of fused-ring (bicyclic) bond motifs is 1. The van der Waals surface area contributed by atoms with Crippen LogP contribution in [0.3, 0.4) is 0 Å². The van der Waals surface area contributed by atoms with Gasteiger partial charge in [-0.15, -0.1) is 11.8 Å². The summed E-state index contributed by atoms with van der Waals surface area (Å²) in [5.41, 5.74) is 2.61. The van der Waals surface area contributed by atoms with E-state index < -0.39 is 0 Å². The maximum Gasteiger partial charge on any atom is 0.335 e. The Hall–Kier alpha value is -2.40. The van der Waals surface area contributed by atoms with Gasteiger partial charge in [0.1, 0.15) is 11.5 Å². The van der Waals surface area contributed by atoms with E-state index in [-0.39, 0.29) is 11.2 Å². The molecule has 0 fully saturated rings. The number of hydrogen-bond donors (Lipinski definition) is 0. The monoisotopic (exact) mass is 356 g/mol. The molecule has 1 aliphatic heterocycles. The largest absolute Gasteiger partial charge is 0.497 e. The van der Waals surface area contributed by atoms with Crippen molar-refractivity contribution in [3.8, 4) is 11.5 Å². The van der Waals surface area contributed by atoms with Crippen molar-refractivity contribution < 1.29 is 19.0 Å². The van der Waals surface area contributed by atoms with Gasteiger partial charge >= 0.3 is 5.97 Å². The lowest BCUT2D eigenvalue weighted by atomic mass is 10.0. The van der Waals surface area contributed by atoms with E-state index in [1.54, 1.807) is 18.9 Å². The van der Waals surface area contributed by atoms with Gasteiger partial charge in [-0.3, -0.25) is 0 Å². The van der Waals surface area contributed by atoms with Gasteiger partial charge in [-0.2, -0.15) is 0 Å². The molecule has 130 valence electrons. The molecule has 2 aromatic rings. The van der Waals surface area contributed by atoms with Crippen LogP contribution in [0.15, 0.2) is 52.9 Å². The van der Waals surface area contributed by atoms with Crippen LogP contribution in [-0.4, -0.2) is 26.8 Å². The SMILES string of the molecule is CCOc1cccc2c1SC(c1ccc(OC)cc1)C(C(=O)OC)=C2. The molecular formula is C20H20O4S. The molecule has 1 unspecified atom stereocenters. The summed E-state index contributed by atoms with van der Waals surface area (Å²) >= 11 is 1.61. The van der Waals surface area contributed by atoms with Crippen LogP contribution in [0.5, 0.6) is 11.5 Å². The van der Waals surface area contributed by atoms with Crippen LogP contribution in [-0.2, 0) is 9.53 Å². The number of ether oxygens (including phenoxy) is 3. The minimum absolute atomic E-state index is 0.160. The van der Waals surface area contributed by atoms with E-state index in [0.717, 1.165) is 27.5 Å². The van der Waals surface area contributed by atoms with Crippen molar-refractivity contribution in [1.82, 2.24) is 0 Å². The fraction of sp³-hybridized carbons (Fsp3) is 0.250. The molecule has 0 spiro atoms. The third-order valence-corrected chi connectivity index (χ3v) is 5.41. The molecule has 0 saturated carbocycles. The first-order valence-electron chi connectivity index (χ1n) is 8.04. The average molecular weight is 356 g/mol. The quantitative estimate of drug-likeness (QED) is 0.738. The molecule has 0 radical (unpaired) electrons. The highest BCUT2D eigenvalue weighted by atomic mass is 32.2. The molecular weight excluding hydrogens is 336 g/mol. The highest BCUT2D eigenvalue weighted by Gasteiger charge is 2.30. The van der Waals surface area contributed by atoms with Gasteiger partial charge in [0.15, 0.2) is 0 Å². The smallest absolute Gasteiger partial charge is 0.335 e. The van der Waals surface area contributed by atoms with Gasteiger partial charge in [-0.1, -0.05) is 24.3 Å². The van der Waals surface area contributed by atoms with Crippen molar-refractivity contribution >= 4 is 23.8 Å². The van der Waals surface area contributed by atoms with Gasteiger partial charge in [0.05, 0.1) is 36.5 Å². The molecule has 25 heavy (non-hydrogen) atoms. The molecule has 0 bridgehead atoms. The van der Waals surface area contributed by atoms with E-state index >= 15 is 0 Å². The number of hydrogen-bond acceptors (Lipinski definition) is 5. The Kier molecular flexibility index (Phi) is 5.34. The highest BCUT2D eigenvalue weighted by molar-refractivity contribution is 8.00. The molecule has 1 atom stereocenters. The van der Waals surface area contributed by atoms with Crippen molar-refractivity contribution in [2.75, 3.05) is 20.8 Å². The first-order valence-corrected chi connectivity index (χ1v) is 8.92. The summed E-state index contributed by atoms with van der Waals surface area (Å²) in [6.07, 6.45) is 1.90. The third-order valence-electron chi connectivity index (χ3n) is 3.98. The molecule has 1 heterocycles. The third kappa shape index (κ3) is 3.51. The summed E-state index contributed by atoms with van der Waals surface area (Å²) in [6, 6.07) is 13.6. The zero-order valence-corrected chi connectivity index (χ0v) is 15.3. The highest BCUT2D eigenvalue weighted by Crippen LogP contribution is 2.50. The standard InChI is InChI=1S/C20H20O4S/c1-4-24-17-7-5-6-14-12-16(20(21)23-3)18(25-19(14)17)13-8-10-15(22-2)11-9-13/h5-12,18H,4H2,1-3H3. The Balaban J connectivity index is 2.07. The average Bonchev–Trinajstić information content (AvgIpc) is 2.67. The Morgan fingerprint density at radius 3 is 2.52 bits per heavy atom. The summed E-state index contributed by atoms with van der Waals surface area (Å²) < 4.78 is 16.0. The van der Waals surface area contributed by atoms with Gasteiger partial charge in [-0.25, -0.2) is 4.79 Å². The number of esters is 1. The van der Waals surface area contributed by atoms with Crippen molar-refractivity contribution in [1.29, 1.82) is 0 Å². The van der Waals surface area contributed by atoms with Crippen LogP contribution in [0.4, 0.5) is 0 Å². The predicted molar refractivity (Wildman–Crippen MR) is 99.2 cm³/mol. The second kappa shape index (κ2) is 7.66. The Bertz CT molecular complexity index is 796. The lowest BCUT2D eigenvalue weighted by molar-refractivity contribution is -0.136. The Labute approximate surface area is 151 Å². The van der Waals surface area contributed by atoms with Crippen molar-refractivity contribution in [2.24, 2.45) is 0 Å². The molecule has 0 aliphatic carbocycles. The van der Waals surface area contributed by atoms with Crippen molar-refractivity contribution in [3.05, 3.63) is 59.2 Å². The first kappa shape index (κ1) is 17.4. The van der Waals surface area contributed by atoms with Gasteiger partial charge < -0.3 is 14.2 Å². The molecule has 4 nitrogen and oxygen atoms in total. The lowest BCUT2D eigenvalue weighted by Crippen LogP contribution is -2.14. The summed E-state index contributed by atoms with van der Waals surface area (Å²) in [7, 11) is 3.04. The van der Waals surface area contributed by atoms with E-state index in [9.17, 15) is 4.79 Å². The summed E-state index contributed by atoms with van der Waals surface area (Å²) in [5.74, 6) is 1.30. The molecule has 0 aromatic heterocycles. The maximum absolute atomic E-state index is 12.3.